The smallest absolute Gasteiger partial charge is 0.251 e. The average molecular weight is 441 g/mol. The van der Waals surface area contributed by atoms with Gasteiger partial charge in [0.05, 0.1) is 6.04 Å². The van der Waals surface area contributed by atoms with Gasteiger partial charge in [0.25, 0.3) is 5.91 Å². The van der Waals surface area contributed by atoms with Crippen LogP contribution in [0.2, 0.25) is 0 Å². The van der Waals surface area contributed by atoms with Crippen LogP contribution in [0.25, 0.3) is 0 Å². The molecule has 2 heterocycles. The summed E-state index contributed by atoms with van der Waals surface area (Å²) >= 11 is 3.37. The second-order valence-corrected chi connectivity index (χ2v) is 7.99. The summed E-state index contributed by atoms with van der Waals surface area (Å²) in [4.78, 5) is 26.7. The van der Waals surface area contributed by atoms with Crippen LogP contribution in [-0.4, -0.2) is 34.3 Å². The highest BCUT2D eigenvalue weighted by atomic mass is 79.9. The van der Waals surface area contributed by atoms with E-state index in [4.69, 9.17) is 0 Å². The molecule has 28 heavy (non-hydrogen) atoms. The van der Waals surface area contributed by atoms with Crippen LogP contribution in [0.5, 0.6) is 0 Å². The molecule has 2 unspecified atom stereocenters. The van der Waals surface area contributed by atoms with Crippen LogP contribution >= 0.6 is 15.9 Å². The molecule has 2 N–H and O–H groups in total. The monoisotopic (exact) mass is 440 g/mol. The van der Waals surface area contributed by atoms with Gasteiger partial charge in [-0.05, 0) is 43.2 Å². The van der Waals surface area contributed by atoms with Gasteiger partial charge in [-0.3, -0.25) is 9.59 Å². The first-order chi connectivity index (χ1) is 13.5. The van der Waals surface area contributed by atoms with Crippen molar-refractivity contribution in [3.8, 4) is 0 Å². The molecule has 2 aliphatic rings. The third-order valence-electron chi connectivity index (χ3n) is 5.00. The van der Waals surface area contributed by atoms with E-state index in [0.29, 0.717) is 12.1 Å². The molecule has 144 valence electrons. The third-order valence-corrected chi connectivity index (χ3v) is 5.53. The van der Waals surface area contributed by atoms with Crippen molar-refractivity contribution in [2.24, 2.45) is 0 Å². The van der Waals surface area contributed by atoms with Crippen molar-refractivity contribution in [3.05, 3.63) is 76.5 Å². The van der Waals surface area contributed by atoms with Crippen LogP contribution in [0.15, 0.2) is 65.4 Å². The Bertz CT molecular complexity index is 911. The number of carbonyl (C=O) groups excluding carboxylic acids is 2. The maximum absolute atomic E-state index is 12.9. The fourth-order valence-electron chi connectivity index (χ4n) is 3.47. The molecule has 7 heteroatoms. The molecule has 2 aromatic carbocycles. The number of nitrogens with zero attached hydrogens (tertiary/aromatic N) is 2. The second-order valence-electron chi connectivity index (χ2n) is 7.07. The van der Waals surface area contributed by atoms with Gasteiger partial charge >= 0.3 is 0 Å². The summed E-state index contributed by atoms with van der Waals surface area (Å²) in [6.45, 7) is 2.05. The number of hydrazine groups is 1. The highest BCUT2D eigenvalue weighted by molar-refractivity contribution is 9.10. The molecule has 1 saturated heterocycles. The Morgan fingerprint density at radius 2 is 1.86 bits per heavy atom. The Morgan fingerprint density at radius 1 is 1.14 bits per heavy atom. The number of anilines is 1. The third kappa shape index (κ3) is 3.95. The molecule has 2 aromatic rings. The lowest BCUT2D eigenvalue weighted by Gasteiger charge is -2.31. The van der Waals surface area contributed by atoms with Gasteiger partial charge in [0.2, 0.25) is 5.91 Å². The first-order valence-corrected chi connectivity index (χ1v) is 9.94. The zero-order valence-electron chi connectivity index (χ0n) is 15.4. The van der Waals surface area contributed by atoms with Crippen molar-refractivity contribution in [1.82, 2.24) is 15.3 Å². The molecule has 0 radical (unpaired) electrons. The molecular formula is C21H21BrN4O2. The van der Waals surface area contributed by atoms with Gasteiger partial charge < -0.3 is 15.2 Å². The standard InChI is InChI=1S/C21H21BrN4O2/c1-14-2-4-15(5-3-14)18-12-19-21(28)25(10-11-26(19)24-18)13-20(27)23-17-8-6-16(22)7-9-17/h2-11,18-19,24H,12-13H2,1H3,(H,23,27). The topological polar surface area (TPSA) is 64.7 Å². The minimum absolute atomic E-state index is 0.00899. The molecule has 0 saturated carbocycles. The first-order valence-electron chi connectivity index (χ1n) is 9.15. The lowest BCUT2D eigenvalue weighted by molar-refractivity contribution is -0.137. The SMILES string of the molecule is Cc1ccc(C2CC3C(=O)N(CC(=O)Nc4ccc(Br)cc4)C=CN3N2)cc1. The average Bonchev–Trinajstić information content (AvgIpc) is 3.12. The van der Waals surface area contributed by atoms with Crippen LogP contribution in [0.1, 0.15) is 23.6 Å². The van der Waals surface area contributed by atoms with E-state index in [1.54, 1.807) is 6.20 Å². The Morgan fingerprint density at radius 3 is 2.57 bits per heavy atom. The summed E-state index contributed by atoms with van der Waals surface area (Å²) in [6, 6.07) is 15.4. The quantitative estimate of drug-likeness (QED) is 0.764. The van der Waals surface area contributed by atoms with Crippen LogP contribution in [-0.2, 0) is 9.59 Å². The Labute approximate surface area is 172 Å². The number of benzene rings is 2. The van der Waals surface area contributed by atoms with Crippen LogP contribution < -0.4 is 10.7 Å². The predicted molar refractivity (Wildman–Crippen MR) is 111 cm³/mol. The summed E-state index contributed by atoms with van der Waals surface area (Å²) < 4.78 is 0.941. The molecule has 1 fully saturated rings. The van der Waals surface area contributed by atoms with E-state index in [9.17, 15) is 9.59 Å². The summed E-state index contributed by atoms with van der Waals surface area (Å²) in [5.74, 6) is -0.301. The maximum atomic E-state index is 12.9. The molecule has 2 aliphatic heterocycles. The maximum Gasteiger partial charge on any atom is 0.251 e. The Balaban J connectivity index is 1.39. The van der Waals surface area contributed by atoms with Gasteiger partial charge in [-0.15, -0.1) is 0 Å². The summed E-state index contributed by atoms with van der Waals surface area (Å²) in [5, 5.41) is 4.66. The minimum atomic E-state index is -0.309. The number of halogens is 1. The number of rotatable bonds is 4. The first kappa shape index (κ1) is 18.7. The molecule has 0 aromatic heterocycles. The Kier molecular flexibility index (Phi) is 5.19. The minimum Gasteiger partial charge on any atom is -0.325 e. The lowest BCUT2D eigenvalue weighted by Crippen LogP contribution is -2.49. The second kappa shape index (κ2) is 7.77. The molecular weight excluding hydrogens is 420 g/mol. The number of nitrogens with one attached hydrogen (secondary N) is 2. The van der Waals surface area contributed by atoms with E-state index >= 15 is 0 Å². The number of amides is 2. The fourth-order valence-corrected chi connectivity index (χ4v) is 3.74. The zero-order chi connectivity index (χ0) is 19.7. The number of aryl methyl sites for hydroxylation is 1. The highest BCUT2D eigenvalue weighted by Crippen LogP contribution is 2.30. The van der Waals surface area contributed by atoms with E-state index < -0.39 is 0 Å². The van der Waals surface area contributed by atoms with Crippen molar-refractivity contribution in [2.45, 2.75) is 25.4 Å². The van der Waals surface area contributed by atoms with E-state index in [2.05, 4.69) is 57.9 Å². The zero-order valence-corrected chi connectivity index (χ0v) is 17.0. The molecule has 0 bridgehead atoms. The van der Waals surface area contributed by atoms with E-state index in [-0.39, 0.29) is 30.4 Å². The normalized spacial score (nSPS) is 21.0. The van der Waals surface area contributed by atoms with E-state index in [0.717, 1.165) is 10.0 Å². The number of hydrogen-bond donors (Lipinski definition) is 2. The van der Waals surface area contributed by atoms with Crippen LogP contribution in [0.3, 0.4) is 0 Å². The molecule has 2 atom stereocenters. The number of hydrogen-bond acceptors (Lipinski definition) is 4. The summed E-state index contributed by atoms with van der Waals surface area (Å²) in [5.41, 5.74) is 6.43. The summed E-state index contributed by atoms with van der Waals surface area (Å²) in [6.07, 6.45) is 4.15. The van der Waals surface area contributed by atoms with Gasteiger partial charge in [0.15, 0.2) is 0 Å². The highest BCUT2D eigenvalue weighted by Gasteiger charge is 2.40. The van der Waals surface area contributed by atoms with E-state index in [1.165, 1.54) is 10.5 Å². The molecule has 0 aliphatic carbocycles. The molecule has 2 amide bonds. The number of fused-ring (bicyclic) bond motifs is 1. The van der Waals surface area contributed by atoms with Gasteiger partial charge in [0, 0.05) is 22.6 Å². The van der Waals surface area contributed by atoms with Crippen molar-refractivity contribution in [3.63, 3.8) is 0 Å². The van der Waals surface area contributed by atoms with Gasteiger partial charge in [-0.25, -0.2) is 5.43 Å². The van der Waals surface area contributed by atoms with Crippen LogP contribution in [0.4, 0.5) is 5.69 Å². The predicted octanol–water partition coefficient (Wildman–Crippen LogP) is 3.33. The Hall–Kier alpha value is -2.64. The van der Waals surface area contributed by atoms with Crippen molar-refractivity contribution >= 4 is 33.4 Å². The van der Waals surface area contributed by atoms with Gasteiger partial charge in [-0.2, -0.15) is 0 Å². The van der Waals surface area contributed by atoms with Crippen molar-refractivity contribution in [2.75, 3.05) is 11.9 Å². The summed E-state index contributed by atoms with van der Waals surface area (Å²) in [7, 11) is 0. The number of carbonyl (C=O) groups is 2. The molecule has 6 nitrogen and oxygen atoms in total. The lowest BCUT2D eigenvalue weighted by atomic mass is 10.00. The van der Waals surface area contributed by atoms with Crippen molar-refractivity contribution < 1.29 is 9.59 Å². The van der Waals surface area contributed by atoms with Gasteiger partial charge in [0.1, 0.15) is 12.6 Å². The van der Waals surface area contributed by atoms with E-state index in [1.807, 2.05) is 35.5 Å². The largest absolute Gasteiger partial charge is 0.325 e. The fraction of sp³-hybridized carbons (Fsp3) is 0.238. The van der Waals surface area contributed by atoms with Gasteiger partial charge in [-0.1, -0.05) is 45.8 Å². The molecule has 0 spiro atoms. The van der Waals surface area contributed by atoms with Crippen LogP contribution in [0, 0.1) is 6.92 Å². The molecule has 4 rings (SSSR count). The van der Waals surface area contributed by atoms with Crippen molar-refractivity contribution in [1.29, 1.82) is 0 Å².